The van der Waals surface area contributed by atoms with Crippen LogP contribution in [0.4, 0.5) is 0 Å². The van der Waals surface area contributed by atoms with Gasteiger partial charge in [-0.05, 0) is 25.2 Å². The second kappa shape index (κ2) is 7.10. The molecule has 2 aliphatic carbocycles. The number of hydrogen-bond donors (Lipinski definition) is 1. The number of carbonyl (C=O) groups is 1. The van der Waals surface area contributed by atoms with Gasteiger partial charge >= 0.3 is 0 Å². The Morgan fingerprint density at radius 3 is 2.62 bits per heavy atom. The number of rotatable bonds is 3. The van der Waals surface area contributed by atoms with Crippen LogP contribution in [0.2, 0.25) is 0 Å². The van der Waals surface area contributed by atoms with Gasteiger partial charge in [-0.15, -0.1) is 0 Å². The number of hydrogen-bond acceptors (Lipinski definition) is 3. The van der Waals surface area contributed by atoms with Crippen molar-refractivity contribution in [1.29, 1.82) is 0 Å². The molecule has 0 radical (unpaired) electrons. The third-order valence-corrected chi connectivity index (χ3v) is 5.64. The first kappa shape index (κ1) is 15.3. The molecule has 21 heavy (non-hydrogen) atoms. The maximum absolute atomic E-state index is 12.8. The Bertz CT molecular complexity index is 353. The van der Waals surface area contributed by atoms with Crippen LogP contribution in [0.5, 0.6) is 0 Å². The van der Waals surface area contributed by atoms with Crippen LogP contribution in [0.25, 0.3) is 0 Å². The van der Waals surface area contributed by atoms with Crippen LogP contribution in [0, 0.1) is 5.92 Å². The molecule has 3 atom stereocenters. The summed E-state index contributed by atoms with van der Waals surface area (Å²) in [5, 5.41) is 0. The highest BCUT2D eigenvalue weighted by Crippen LogP contribution is 2.30. The Morgan fingerprint density at radius 2 is 1.81 bits per heavy atom. The molecule has 0 aromatic carbocycles. The zero-order chi connectivity index (χ0) is 14.7. The molecule has 1 heterocycles. The van der Waals surface area contributed by atoms with Gasteiger partial charge in [0.1, 0.15) is 0 Å². The Kier molecular flexibility index (Phi) is 5.17. The van der Waals surface area contributed by atoms with Crippen molar-refractivity contribution in [2.75, 3.05) is 13.2 Å². The molecule has 0 aromatic heterocycles. The molecule has 1 aliphatic heterocycles. The monoisotopic (exact) mass is 294 g/mol. The summed E-state index contributed by atoms with van der Waals surface area (Å²) >= 11 is 0. The quantitative estimate of drug-likeness (QED) is 0.870. The van der Waals surface area contributed by atoms with Gasteiger partial charge in [-0.25, -0.2) is 0 Å². The summed E-state index contributed by atoms with van der Waals surface area (Å²) in [5.74, 6) is 0.849. The molecule has 0 aromatic rings. The molecule has 3 aliphatic rings. The summed E-state index contributed by atoms with van der Waals surface area (Å²) in [6.45, 7) is 1.42. The largest absolute Gasteiger partial charge is 0.374 e. The van der Waals surface area contributed by atoms with Gasteiger partial charge in [0.25, 0.3) is 0 Å². The van der Waals surface area contributed by atoms with E-state index in [1.54, 1.807) is 0 Å². The minimum Gasteiger partial charge on any atom is -0.374 e. The van der Waals surface area contributed by atoms with E-state index in [9.17, 15) is 4.79 Å². The van der Waals surface area contributed by atoms with Gasteiger partial charge in [0.05, 0.1) is 24.8 Å². The molecule has 1 saturated heterocycles. The summed E-state index contributed by atoms with van der Waals surface area (Å²) in [6, 6.07) is -0.00816. The second-order valence-electron chi connectivity index (χ2n) is 7.14. The maximum atomic E-state index is 12.8. The minimum absolute atomic E-state index is 0.181. The maximum Gasteiger partial charge on any atom is 0.239 e. The third kappa shape index (κ3) is 3.59. The van der Waals surface area contributed by atoms with E-state index in [4.69, 9.17) is 10.5 Å². The molecule has 3 unspecified atom stereocenters. The van der Waals surface area contributed by atoms with E-state index in [2.05, 4.69) is 4.90 Å². The summed E-state index contributed by atoms with van der Waals surface area (Å²) < 4.78 is 5.86. The predicted octanol–water partition coefficient (Wildman–Crippen LogP) is 2.45. The van der Waals surface area contributed by atoms with Gasteiger partial charge in [0.2, 0.25) is 5.91 Å². The smallest absolute Gasteiger partial charge is 0.239 e. The van der Waals surface area contributed by atoms with Crippen LogP contribution >= 0.6 is 0 Å². The fourth-order valence-corrected chi connectivity index (χ4v) is 4.47. The van der Waals surface area contributed by atoms with Gasteiger partial charge in [0, 0.05) is 6.54 Å². The van der Waals surface area contributed by atoms with Crippen molar-refractivity contribution in [2.24, 2.45) is 11.7 Å². The fourth-order valence-electron chi connectivity index (χ4n) is 4.47. The van der Waals surface area contributed by atoms with Gasteiger partial charge in [-0.1, -0.05) is 44.9 Å². The number of nitrogens with zero attached hydrogens (tertiary/aromatic N) is 1. The number of nitrogens with two attached hydrogens (primary N) is 1. The lowest BCUT2D eigenvalue weighted by atomic mass is 9.84. The average molecular weight is 294 g/mol. The molecule has 4 heteroatoms. The Hall–Kier alpha value is -0.610. The zero-order valence-electron chi connectivity index (χ0n) is 13.1. The fraction of sp³-hybridized carbons (Fsp3) is 0.941. The van der Waals surface area contributed by atoms with Gasteiger partial charge < -0.3 is 15.4 Å². The van der Waals surface area contributed by atoms with Crippen molar-refractivity contribution < 1.29 is 9.53 Å². The topological polar surface area (TPSA) is 55.6 Å². The number of morpholine rings is 1. The van der Waals surface area contributed by atoms with Crippen molar-refractivity contribution in [1.82, 2.24) is 4.90 Å². The molecule has 3 fully saturated rings. The molecule has 3 rings (SSSR count). The molecule has 2 saturated carbocycles. The lowest BCUT2D eigenvalue weighted by Crippen LogP contribution is -2.58. The van der Waals surface area contributed by atoms with Crippen molar-refractivity contribution in [3.63, 3.8) is 0 Å². The highest BCUT2D eigenvalue weighted by atomic mass is 16.5. The summed E-state index contributed by atoms with van der Waals surface area (Å²) in [7, 11) is 0. The zero-order valence-corrected chi connectivity index (χ0v) is 13.1. The average Bonchev–Trinajstić information content (AvgIpc) is 2.54. The molecular weight excluding hydrogens is 264 g/mol. The number of ether oxygens (including phenoxy) is 1. The van der Waals surface area contributed by atoms with E-state index >= 15 is 0 Å². The number of amides is 1. The number of carbonyl (C=O) groups excluding carboxylic acids is 1. The number of fused-ring (bicyclic) bond motifs is 1. The van der Waals surface area contributed by atoms with Crippen LogP contribution in [0.1, 0.15) is 64.2 Å². The summed E-state index contributed by atoms with van der Waals surface area (Å²) in [5.41, 5.74) is 6.27. The van der Waals surface area contributed by atoms with E-state index < -0.39 is 0 Å². The van der Waals surface area contributed by atoms with Crippen LogP contribution in [-0.4, -0.2) is 42.1 Å². The molecule has 1 amide bonds. The molecule has 2 N–H and O–H groups in total. The van der Waals surface area contributed by atoms with Gasteiger partial charge in [0.15, 0.2) is 0 Å². The Morgan fingerprint density at radius 1 is 1.10 bits per heavy atom. The van der Waals surface area contributed by atoms with Crippen molar-refractivity contribution >= 4 is 5.91 Å². The molecule has 120 valence electrons. The van der Waals surface area contributed by atoms with E-state index in [0.717, 1.165) is 25.8 Å². The SMILES string of the molecule is NC(CC1CCCCC1)C(=O)N1CCOC2CCCCC21. The van der Waals surface area contributed by atoms with Crippen LogP contribution in [0.15, 0.2) is 0 Å². The summed E-state index contributed by atoms with van der Waals surface area (Å²) in [6.07, 6.45) is 12.3. The van der Waals surface area contributed by atoms with E-state index in [1.807, 2.05) is 0 Å². The standard InChI is InChI=1S/C17H30N2O2/c18-14(12-13-6-2-1-3-7-13)17(20)19-10-11-21-16-9-5-4-8-15(16)19/h13-16H,1-12,18H2. The summed E-state index contributed by atoms with van der Waals surface area (Å²) in [4.78, 5) is 14.8. The van der Waals surface area contributed by atoms with Crippen molar-refractivity contribution in [2.45, 2.75) is 82.4 Å². The first-order chi connectivity index (χ1) is 10.3. The van der Waals surface area contributed by atoms with Gasteiger partial charge in [-0.3, -0.25) is 4.79 Å². The van der Waals surface area contributed by atoms with Crippen LogP contribution in [0.3, 0.4) is 0 Å². The first-order valence-corrected chi connectivity index (χ1v) is 8.93. The predicted molar refractivity (Wildman–Crippen MR) is 82.9 cm³/mol. The minimum atomic E-state index is -0.297. The Labute approximate surface area is 128 Å². The molecule has 4 nitrogen and oxygen atoms in total. The first-order valence-electron chi connectivity index (χ1n) is 8.93. The van der Waals surface area contributed by atoms with Crippen LogP contribution < -0.4 is 5.73 Å². The lowest BCUT2D eigenvalue weighted by molar-refractivity contribution is -0.151. The van der Waals surface area contributed by atoms with Gasteiger partial charge in [-0.2, -0.15) is 0 Å². The van der Waals surface area contributed by atoms with E-state index in [0.29, 0.717) is 12.5 Å². The second-order valence-corrected chi connectivity index (χ2v) is 7.14. The third-order valence-electron chi connectivity index (χ3n) is 5.64. The normalized spacial score (nSPS) is 32.5. The lowest BCUT2D eigenvalue weighted by Gasteiger charge is -2.44. The van der Waals surface area contributed by atoms with Crippen LogP contribution in [-0.2, 0) is 9.53 Å². The van der Waals surface area contributed by atoms with E-state index in [-0.39, 0.29) is 24.1 Å². The molecule has 0 bridgehead atoms. The van der Waals surface area contributed by atoms with Crippen molar-refractivity contribution in [3.05, 3.63) is 0 Å². The highest BCUT2D eigenvalue weighted by molar-refractivity contribution is 5.82. The van der Waals surface area contributed by atoms with Crippen molar-refractivity contribution in [3.8, 4) is 0 Å². The molecular formula is C17H30N2O2. The highest BCUT2D eigenvalue weighted by Gasteiger charge is 2.38. The molecule has 0 spiro atoms. The van der Waals surface area contributed by atoms with E-state index in [1.165, 1.54) is 44.9 Å². The Balaban J connectivity index is 1.57.